The fraction of sp³-hybridized carbons (Fsp3) is 0.500. The summed E-state index contributed by atoms with van der Waals surface area (Å²) in [5, 5.41) is 12.6. The molecule has 8 nitrogen and oxygen atoms in total. The van der Waals surface area contributed by atoms with Crippen LogP contribution in [0, 0.1) is 0 Å². The van der Waals surface area contributed by atoms with Gasteiger partial charge in [-0.15, -0.1) is 0 Å². The summed E-state index contributed by atoms with van der Waals surface area (Å²) in [6.07, 6.45) is 11.1. The van der Waals surface area contributed by atoms with Crippen molar-refractivity contribution in [3.8, 4) is 11.3 Å². The lowest BCUT2D eigenvalue weighted by Crippen LogP contribution is -2.43. The van der Waals surface area contributed by atoms with Gasteiger partial charge in [-0.1, -0.05) is 35.8 Å². The number of nitrogens with zero attached hydrogens (tertiary/aromatic N) is 5. The van der Waals surface area contributed by atoms with E-state index in [0.717, 1.165) is 84.7 Å². The predicted octanol–water partition coefficient (Wildman–Crippen LogP) is 4.58. The van der Waals surface area contributed by atoms with Crippen molar-refractivity contribution in [2.75, 3.05) is 58.7 Å². The van der Waals surface area contributed by atoms with Crippen LogP contribution in [0.2, 0.25) is 0 Å². The highest BCUT2D eigenvalue weighted by atomic mass is 16.6. The molecule has 2 aliphatic rings. The highest BCUT2D eigenvalue weighted by Crippen LogP contribution is 2.28. The van der Waals surface area contributed by atoms with E-state index in [4.69, 9.17) is 9.82 Å². The van der Waals surface area contributed by atoms with Crippen LogP contribution in [0.15, 0.2) is 53.9 Å². The van der Waals surface area contributed by atoms with Gasteiger partial charge in [0.15, 0.2) is 5.84 Å². The summed E-state index contributed by atoms with van der Waals surface area (Å²) >= 11 is 0. The standard InChI is InChI=1S/C30H41N7O/c1-36-19-12-25(13-20-36)33-30(35-38-2)24-9-7-23(8-10-24)28-21-29(26-22-31-15-11-27(26)34-28)32-14-6-18-37-16-4-3-5-17-37/h7-11,15,21-22,25H,3-6,12-14,16-20H2,1-2H3,(H,32,34)(H,33,35). The van der Waals surface area contributed by atoms with Crippen LogP contribution in [0.4, 0.5) is 5.69 Å². The molecule has 2 aromatic heterocycles. The SMILES string of the molecule is CO/N=C(\NC1CCN(C)CC1)c1ccc(-c2cc(NCCCN3CCCCC3)c3cnccc3n2)cc1. The topological polar surface area (TPSA) is 77.9 Å². The zero-order valence-corrected chi connectivity index (χ0v) is 22.8. The maximum atomic E-state index is 5.17. The Morgan fingerprint density at radius 1 is 1.05 bits per heavy atom. The van der Waals surface area contributed by atoms with E-state index in [1.165, 1.54) is 32.4 Å². The van der Waals surface area contributed by atoms with Crippen molar-refractivity contribution in [2.45, 2.75) is 44.6 Å². The molecule has 8 heteroatoms. The molecule has 1 aromatic carbocycles. The summed E-state index contributed by atoms with van der Waals surface area (Å²) in [4.78, 5) is 19.4. The van der Waals surface area contributed by atoms with Crippen molar-refractivity contribution in [3.63, 3.8) is 0 Å². The molecule has 3 aromatic rings. The average molecular weight is 516 g/mol. The second-order valence-electron chi connectivity index (χ2n) is 10.6. The van der Waals surface area contributed by atoms with Crippen molar-refractivity contribution < 1.29 is 4.84 Å². The minimum absolute atomic E-state index is 0.402. The molecule has 0 unspecified atom stereocenters. The van der Waals surface area contributed by atoms with E-state index in [-0.39, 0.29) is 0 Å². The third-order valence-corrected chi connectivity index (χ3v) is 7.72. The van der Waals surface area contributed by atoms with E-state index >= 15 is 0 Å². The second kappa shape index (κ2) is 13.0. The van der Waals surface area contributed by atoms with Crippen molar-refractivity contribution in [3.05, 3.63) is 54.4 Å². The van der Waals surface area contributed by atoms with E-state index in [1.54, 1.807) is 7.11 Å². The Kier molecular flexibility index (Phi) is 9.04. The van der Waals surface area contributed by atoms with Gasteiger partial charge in [0, 0.05) is 47.2 Å². The molecule has 38 heavy (non-hydrogen) atoms. The van der Waals surface area contributed by atoms with Gasteiger partial charge in [0.05, 0.1) is 11.2 Å². The smallest absolute Gasteiger partial charge is 0.173 e. The van der Waals surface area contributed by atoms with Crippen LogP contribution in [0.3, 0.4) is 0 Å². The third kappa shape index (κ3) is 6.79. The van der Waals surface area contributed by atoms with Crippen molar-refractivity contribution >= 4 is 22.4 Å². The molecule has 0 atom stereocenters. The first-order valence-corrected chi connectivity index (χ1v) is 14.1. The Morgan fingerprint density at radius 3 is 2.61 bits per heavy atom. The van der Waals surface area contributed by atoms with Crippen LogP contribution in [0.25, 0.3) is 22.2 Å². The van der Waals surface area contributed by atoms with E-state index < -0.39 is 0 Å². The summed E-state index contributed by atoms with van der Waals surface area (Å²) < 4.78 is 0. The molecule has 0 saturated carbocycles. The number of fused-ring (bicyclic) bond motifs is 1. The predicted molar refractivity (Wildman–Crippen MR) is 156 cm³/mol. The molecule has 0 spiro atoms. The first-order chi connectivity index (χ1) is 18.7. The Bertz CT molecular complexity index is 1200. The van der Waals surface area contributed by atoms with Gasteiger partial charge in [0.25, 0.3) is 0 Å². The van der Waals surface area contributed by atoms with Crippen LogP contribution in [0.5, 0.6) is 0 Å². The molecular formula is C30H41N7O. The summed E-state index contributed by atoms with van der Waals surface area (Å²) in [7, 11) is 3.77. The number of amidine groups is 1. The van der Waals surface area contributed by atoms with Crippen molar-refractivity contribution in [2.24, 2.45) is 5.16 Å². The number of anilines is 1. The third-order valence-electron chi connectivity index (χ3n) is 7.72. The van der Waals surface area contributed by atoms with Crippen LogP contribution >= 0.6 is 0 Å². The number of likely N-dealkylation sites (tertiary alicyclic amines) is 2. The fourth-order valence-electron chi connectivity index (χ4n) is 5.47. The van der Waals surface area contributed by atoms with Gasteiger partial charge < -0.3 is 25.3 Å². The minimum atomic E-state index is 0.402. The normalized spacial score (nSPS) is 18.0. The van der Waals surface area contributed by atoms with Gasteiger partial charge in [-0.05, 0) is 84.0 Å². The van der Waals surface area contributed by atoms with E-state index in [9.17, 15) is 0 Å². The molecule has 0 radical (unpaired) electrons. The Hall–Kier alpha value is -3.23. The average Bonchev–Trinajstić information content (AvgIpc) is 2.96. The number of hydrogen-bond acceptors (Lipinski definition) is 7. The van der Waals surface area contributed by atoms with Crippen molar-refractivity contribution in [1.29, 1.82) is 0 Å². The van der Waals surface area contributed by atoms with Crippen LogP contribution in [-0.2, 0) is 4.84 Å². The van der Waals surface area contributed by atoms with Crippen LogP contribution < -0.4 is 10.6 Å². The largest absolute Gasteiger partial charge is 0.397 e. The molecular weight excluding hydrogens is 474 g/mol. The minimum Gasteiger partial charge on any atom is -0.397 e. The van der Waals surface area contributed by atoms with E-state index in [1.807, 2.05) is 18.5 Å². The molecule has 2 aliphatic heterocycles. The lowest BCUT2D eigenvalue weighted by atomic mass is 10.0. The Balaban J connectivity index is 1.29. The molecule has 0 aliphatic carbocycles. The molecule has 0 amide bonds. The monoisotopic (exact) mass is 515 g/mol. The highest BCUT2D eigenvalue weighted by molar-refractivity contribution is 5.99. The number of rotatable bonds is 9. The number of hydrogen-bond donors (Lipinski definition) is 2. The van der Waals surface area contributed by atoms with Gasteiger partial charge in [0.2, 0.25) is 0 Å². The Morgan fingerprint density at radius 2 is 1.84 bits per heavy atom. The number of piperidine rings is 2. The summed E-state index contributed by atoms with van der Waals surface area (Å²) in [5.74, 6) is 0.780. The maximum absolute atomic E-state index is 5.17. The number of nitrogens with one attached hydrogen (secondary N) is 2. The van der Waals surface area contributed by atoms with E-state index in [2.05, 4.69) is 68.0 Å². The molecule has 5 rings (SSSR count). The van der Waals surface area contributed by atoms with Crippen LogP contribution in [0.1, 0.15) is 44.1 Å². The zero-order valence-electron chi connectivity index (χ0n) is 22.8. The number of benzene rings is 1. The number of aromatic nitrogens is 2. The quantitative estimate of drug-likeness (QED) is 0.187. The van der Waals surface area contributed by atoms with E-state index in [0.29, 0.717) is 6.04 Å². The fourth-order valence-corrected chi connectivity index (χ4v) is 5.47. The molecule has 2 N–H and O–H groups in total. The second-order valence-corrected chi connectivity index (χ2v) is 10.6. The summed E-state index contributed by atoms with van der Waals surface area (Å²) in [5.41, 5.74) is 5.06. The molecule has 202 valence electrons. The van der Waals surface area contributed by atoms with Gasteiger partial charge in [0.1, 0.15) is 7.11 Å². The Labute approximate surface area is 226 Å². The lowest BCUT2D eigenvalue weighted by molar-refractivity contribution is 0.208. The van der Waals surface area contributed by atoms with Gasteiger partial charge in [-0.2, -0.15) is 0 Å². The van der Waals surface area contributed by atoms with Gasteiger partial charge in [-0.25, -0.2) is 4.98 Å². The number of oxime groups is 1. The summed E-state index contributed by atoms with van der Waals surface area (Å²) in [6, 6.07) is 13.0. The van der Waals surface area contributed by atoms with Crippen LogP contribution in [-0.4, -0.2) is 85.1 Å². The lowest BCUT2D eigenvalue weighted by Gasteiger charge is -2.30. The first kappa shape index (κ1) is 26.4. The molecule has 2 saturated heterocycles. The van der Waals surface area contributed by atoms with Gasteiger partial charge in [-0.3, -0.25) is 4.98 Å². The molecule has 0 bridgehead atoms. The maximum Gasteiger partial charge on any atom is 0.173 e. The zero-order chi connectivity index (χ0) is 26.2. The number of pyridine rings is 2. The highest BCUT2D eigenvalue weighted by Gasteiger charge is 2.19. The van der Waals surface area contributed by atoms with Crippen molar-refractivity contribution in [1.82, 2.24) is 25.1 Å². The summed E-state index contributed by atoms with van der Waals surface area (Å²) in [6.45, 7) is 6.75. The van der Waals surface area contributed by atoms with Gasteiger partial charge >= 0.3 is 0 Å². The molecule has 4 heterocycles. The first-order valence-electron chi connectivity index (χ1n) is 14.1. The molecule has 2 fully saturated rings.